The van der Waals surface area contributed by atoms with Gasteiger partial charge in [-0.1, -0.05) is 24.3 Å². The number of hydrogen-bond acceptors (Lipinski definition) is 3. The molecule has 0 radical (unpaired) electrons. The van der Waals surface area contributed by atoms with Crippen LogP contribution in [0.5, 0.6) is 0 Å². The van der Waals surface area contributed by atoms with Crippen molar-refractivity contribution in [3.63, 3.8) is 0 Å². The molecule has 1 heterocycles. The summed E-state index contributed by atoms with van der Waals surface area (Å²) < 4.78 is 39.7. The summed E-state index contributed by atoms with van der Waals surface area (Å²) >= 11 is 0. The average molecular weight is 348 g/mol. The summed E-state index contributed by atoms with van der Waals surface area (Å²) in [7, 11) is -3.22. The molecule has 0 aliphatic carbocycles. The fourth-order valence-electron chi connectivity index (χ4n) is 3.03. The second kappa shape index (κ2) is 6.43. The van der Waals surface area contributed by atoms with Gasteiger partial charge in [0.2, 0.25) is 10.0 Å². The summed E-state index contributed by atoms with van der Waals surface area (Å²) in [5, 5.41) is 3.26. The summed E-state index contributed by atoms with van der Waals surface area (Å²) in [6.07, 6.45) is 0.644. The van der Waals surface area contributed by atoms with Crippen LogP contribution in [0.25, 0.3) is 0 Å². The van der Waals surface area contributed by atoms with Crippen molar-refractivity contribution >= 4 is 21.4 Å². The number of rotatable bonds is 4. The zero-order valence-electron chi connectivity index (χ0n) is 13.8. The van der Waals surface area contributed by atoms with Crippen molar-refractivity contribution in [3.05, 3.63) is 59.4 Å². The Labute approximate surface area is 142 Å². The summed E-state index contributed by atoms with van der Waals surface area (Å²) in [5.41, 5.74) is 2.95. The fraction of sp³-hybridized carbons (Fsp3) is 0.333. The summed E-state index contributed by atoms with van der Waals surface area (Å²) in [6.45, 7) is 4.29. The maximum atomic E-state index is 13.9. The minimum absolute atomic E-state index is 0.190. The molecule has 24 heavy (non-hydrogen) atoms. The topological polar surface area (TPSA) is 49.4 Å². The molecular formula is C18H21FN2O2S. The van der Waals surface area contributed by atoms with Crippen molar-refractivity contribution in [2.45, 2.75) is 26.3 Å². The van der Waals surface area contributed by atoms with Crippen LogP contribution in [-0.2, 0) is 10.0 Å². The van der Waals surface area contributed by atoms with Gasteiger partial charge in [0.05, 0.1) is 17.5 Å². The Morgan fingerprint density at radius 3 is 2.62 bits per heavy atom. The molecule has 1 aliphatic heterocycles. The normalized spacial score (nSPS) is 17.7. The Bertz CT molecular complexity index is 852. The van der Waals surface area contributed by atoms with Crippen LogP contribution in [0.1, 0.15) is 30.5 Å². The van der Waals surface area contributed by atoms with E-state index in [2.05, 4.69) is 5.32 Å². The number of hydrogen-bond donors (Lipinski definition) is 1. The van der Waals surface area contributed by atoms with Crippen LogP contribution < -0.4 is 9.62 Å². The molecule has 128 valence electrons. The Morgan fingerprint density at radius 2 is 1.96 bits per heavy atom. The molecular weight excluding hydrogens is 327 g/mol. The van der Waals surface area contributed by atoms with Crippen molar-refractivity contribution in [2.24, 2.45) is 0 Å². The zero-order chi connectivity index (χ0) is 17.3. The van der Waals surface area contributed by atoms with Gasteiger partial charge in [-0.25, -0.2) is 12.8 Å². The molecule has 0 amide bonds. The molecule has 2 aromatic carbocycles. The molecule has 0 spiro atoms. The number of halogens is 1. The molecule has 0 bridgehead atoms. The lowest BCUT2D eigenvalue weighted by atomic mass is 10.1. The number of aryl methyl sites for hydroxylation is 1. The molecule has 0 unspecified atom stereocenters. The minimum atomic E-state index is -3.22. The molecule has 1 aliphatic rings. The van der Waals surface area contributed by atoms with E-state index in [0.29, 0.717) is 24.2 Å². The fourth-order valence-corrected chi connectivity index (χ4v) is 4.65. The van der Waals surface area contributed by atoms with Crippen LogP contribution >= 0.6 is 0 Å². The standard InChI is InChI=1S/C18H21FN2O2S/c1-13-8-9-15(12-18(13)21-10-5-11-24(21,22)23)20-14(2)16-6-3-4-7-17(16)19/h3-4,6-9,12,14,20H,5,10-11H2,1-2H3/t14-/m0/s1. The van der Waals surface area contributed by atoms with E-state index in [0.717, 1.165) is 11.3 Å². The van der Waals surface area contributed by atoms with Gasteiger partial charge in [0.15, 0.2) is 0 Å². The van der Waals surface area contributed by atoms with E-state index in [1.165, 1.54) is 10.4 Å². The van der Waals surface area contributed by atoms with Crippen LogP contribution in [0.4, 0.5) is 15.8 Å². The van der Waals surface area contributed by atoms with Gasteiger partial charge < -0.3 is 5.32 Å². The maximum absolute atomic E-state index is 13.9. The average Bonchev–Trinajstić information content (AvgIpc) is 2.89. The summed E-state index contributed by atoms with van der Waals surface area (Å²) in [4.78, 5) is 0. The lowest BCUT2D eigenvalue weighted by molar-refractivity contribution is 0.599. The predicted octanol–water partition coefficient (Wildman–Crippen LogP) is 3.85. The monoisotopic (exact) mass is 348 g/mol. The van der Waals surface area contributed by atoms with Crippen LogP contribution in [0.15, 0.2) is 42.5 Å². The molecule has 4 nitrogen and oxygen atoms in total. The first-order chi connectivity index (χ1) is 11.4. The number of nitrogens with one attached hydrogen (secondary N) is 1. The molecule has 2 aromatic rings. The van der Waals surface area contributed by atoms with Crippen LogP contribution in [0, 0.1) is 12.7 Å². The highest BCUT2D eigenvalue weighted by atomic mass is 32.2. The Morgan fingerprint density at radius 1 is 1.21 bits per heavy atom. The molecule has 1 saturated heterocycles. The first-order valence-electron chi connectivity index (χ1n) is 8.00. The Balaban J connectivity index is 1.88. The number of sulfonamides is 1. The first kappa shape index (κ1) is 16.8. The second-order valence-corrected chi connectivity index (χ2v) is 8.14. The molecule has 6 heteroatoms. The largest absolute Gasteiger partial charge is 0.378 e. The van der Waals surface area contributed by atoms with E-state index < -0.39 is 10.0 Å². The molecule has 1 atom stereocenters. The van der Waals surface area contributed by atoms with Crippen molar-refractivity contribution < 1.29 is 12.8 Å². The summed E-state index contributed by atoms with van der Waals surface area (Å²) in [5.74, 6) is -0.0672. The van der Waals surface area contributed by atoms with E-state index >= 15 is 0 Å². The molecule has 1 N–H and O–H groups in total. The van der Waals surface area contributed by atoms with Gasteiger partial charge in [-0.3, -0.25) is 4.31 Å². The number of benzene rings is 2. The van der Waals surface area contributed by atoms with Gasteiger partial charge in [0.1, 0.15) is 5.82 Å². The lowest BCUT2D eigenvalue weighted by Crippen LogP contribution is -2.26. The second-order valence-electron chi connectivity index (χ2n) is 6.13. The Kier molecular flexibility index (Phi) is 4.49. The van der Waals surface area contributed by atoms with Crippen molar-refractivity contribution in [2.75, 3.05) is 21.9 Å². The van der Waals surface area contributed by atoms with Crippen molar-refractivity contribution in [1.29, 1.82) is 0 Å². The maximum Gasteiger partial charge on any atom is 0.235 e. The zero-order valence-corrected chi connectivity index (χ0v) is 14.6. The quantitative estimate of drug-likeness (QED) is 0.913. The highest BCUT2D eigenvalue weighted by molar-refractivity contribution is 7.93. The van der Waals surface area contributed by atoms with Crippen LogP contribution in [0.2, 0.25) is 0 Å². The third kappa shape index (κ3) is 3.24. The molecule has 3 rings (SSSR count). The van der Waals surface area contributed by atoms with Gasteiger partial charge in [-0.15, -0.1) is 0 Å². The molecule has 1 fully saturated rings. The van der Waals surface area contributed by atoms with E-state index in [-0.39, 0.29) is 17.6 Å². The van der Waals surface area contributed by atoms with Crippen LogP contribution in [-0.4, -0.2) is 20.7 Å². The van der Waals surface area contributed by atoms with E-state index in [9.17, 15) is 12.8 Å². The number of anilines is 2. The van der Waals surface area contributed by atoms with Gasteiger partial charge in [0.25, 0.3) is 0 Å². The van der Waals surface area contributed by atoms with E-state index in [1.807, 2.05) is 32.0 Å². The van der Waals surface area contributed by atoms with E-state index in [4.69, 9.17) is 0 Å². The van der Waals surface area contributed by atoms with Crippen molar-refractivity contribution in [1.82, 2.24) is 0 Å². The summed E-state index contributed by atoms with van der Waals surface area (Å²) in [6, 6.07) is 12.0. The van der Waals surface area contributed by atoms with Crippen molar-refractivity contribution in [3.8, 4) is 0 Å². The van der Waals surface area contributed by atoms with Gasteiger partial charge >= 0.3 is 0 Å². The predicted molar refractivity (Wildman–Crippen MR) is 95.4 cm³/mol. The highest BCUT2D eigenvalue weighted by Crippen LogP contribution is 2.31. The third-order valence-electron chi connectivity index (χ3n) is 4.33. The number of nitrogens with zero attached hydrogens (tertiary/aromatic N) is 1. The van der Waals surface area contributed by atoms with Gasteiger partial charge in [-0.2, -0.15) is 0 Å². The SMILES string of the molecule is Cc1ccc(N[C@@H](C)c2ccccc2F)cc1N1CCCS1(=O)=O. The van der Waals surface area contributed by atoms with Crippen LogP contribution in [0.3, 0.4) is 0 Å². The minimum Gasteiger partial charge on any atom is -0.378 e. The lowest BCUT2D eigenvalue weighted by Gasteiger charge is -2.22. The smallest absolute Gasteiger partial charge is 0.235 e. The van der Waals surface area contributed by atoms with E-state index in [1.54, 1.807) is 18.2 Å². The van der Waals surface area contributed by atoms with Gasteiger partial charge in [0, 0.05) is 17.8 Å². The van der Waals surface area contributed by atoms with Gasteiger partial charge in [-0.05, 0) is 44.0 Å². The molecule has 0 saturated carbocycles. The molecule has 0 aromatic heterocycles. The highest BCUT2D eigenvalue weighted by Gasteiger charge is 2.29. The first-order valence-corrected chi connectivity index (χ1v) is 9.61. The third-order valence-corrected chi connectivity index (χ3v) is 6.19. The Hall–Kier alpha value is -2.08.